The van der Waals surface area contributed by atoms with Crippen LogP contribution in [0.25, 0.3) is 0 Å². The molecule has 0 saturated heterocycles. The highest BCUT2D eigenvalue weighted by molar-refractivity contribution is 5.81. The molecule has 0 fully saturated rings. The summed E-state index contributed by atoms with van der Waals surface area (Å²) in [5, 5.41) is 0. The van der Waals surface area contributed by atoms with E-state index in [2.05, 4.69) is 36.1 Å². The minimum atomic E-state index is -0.308. The number of carbonyl (C=O) groups excluding carboxylic acids is 1. The lowest BCUT2D eigenvalue weighted by atomic mass is 10.0. The molecule has 0 spiro atoms. The number of allylic oxidation sites excluding steroid dienone is 1. The van der Waals surface area contributed by atoms with Crippen LogP contribution in [0.15, 0.2) is 18.2 Å². The van der Waals surface area contributed by atoms with Crippen LogP contribution in [0.2, 0.25) is 0 Å². The van der Waals surface area contributed by atoms with E-state index in [0.29, 0.717) is 0 Å². The van der Waals surface area contributed by atoms with Crippen LogP contribution in [0.4, 0.5) is 0 Å². The third-order valence-corrected chi connectivity index (χ3v) is 3.03. The van der Waals surface area contributed by atoms with Gasteiger partial charge >= 0.3 is 5.97 Å². The SMILES string of the molecule is COC(=O)/C=C\C(C)c1cc(C)n(C)c1C. The number of esters is 1. The molecular weight excluding hydrogens is 202 g/mol. The highest BCUT2D eigenvalue weighted by Gasteiger charge is 2.10. The molecule has 1 rings (SSSR count). The number of carbonyl (C=O) groups is 1. The van der Waals surface area contributed by atoms with Gasteiger partial charge in [-0.15, -0.1) is 0 Å². The molecule has 0 aliphatic heterocycles. The summed E-state index contributed by atoms with van der Waals surface area (Å²) in [6.45, 7) is 6.24. The van der Waals surface area contributed by atoms with E-state index in [4.69, 9.17) is 0 Å². The van der Waals surface area contributed by atoms with Crippen LogP contribution in [0.1, 0.15) is 29.8 Å². The van der Waals surface area contributed by atoms with Gasteiger partial charge in [0.1, 0.15) is 0 Å². The van der Waals surface area contributed by atoms with Crippen LogP contribution in [0, 0.1) is 13.8 Å². The van der Waals surface area contributed by atoms with Crippen molar-refractivity contribution in [2.75, 3.05) is 7.11 Å². The van der Waals surface area contributed by atoms with Gasteiger partial charge in [-0.05, 0) is 25.5 Å². The van der Waals surface area contributed by atoms with Crippen molar-refractivity contribution >= 4 is 5.97 Å². The fraction of sp³-hybridized carbons (Fsp3) is 0.462. The largest absolute Gasteiger partial charge is 0.466 e. The highest BCUT2D eigenvalue weighted by atomic mass is 16.5. The van der Waals surface area contributed by atoms with Gasteiger partial charge in [-0.1, -0.05) is 13.0 Å². The van der Waals surface area contributed by atoms with Crippen LogP contribution in [0.5, 0.6) is 0 Å². The Labute approximate surface area is 96.7 Å². The number of ether oxygens (including phenoxy) is 1. The van der Waals surface area contributed by atoms with Gasteiger partial charge in [0.15, 0.2) is 0 Å². The number of rotatable bonds is 3. The van der Waals surface area contributed by atoms with Crippen molar-refractivity contribution in [3.05, 3.63) is 35.2 Å². The average molecular weight is 221 g/mol. The van der Waals surface area contributed by atoms with Gasteiger partial charge in [0.05, 0.1) is 7.11 Å². The van der Waals surface area contributed by atoms with Gasteiger partial charge in [0.2, 0.25) is 0 Å². The van der Waals surface area contributed by atoms with Crippen molar-refractivity contribution < 1.29 is 9.53 Å². The second-order valence-corrected chi connectivity index (χ2v) is 4.06. The van der Waals surface area contributed by atoms with E-state index in [1.807, 2.05) is 13.1 Å². The molecule has 0 aliphatic rings. The number of nitrogens with zero attached hydrogens (tertiary/aromatic N) is 1. The zero-order chi connectivity index (χ0) is 12.3. The molecule has 16 heavy (non-hydrogen) atoms. The first kappa shape index (κ1) is 12.6. The number of hydrogen-bond acceptors (Lipinski definition) is 2. The summed E-state index contributed by atoms with van der Waals surface area (Å²) in [5.41, 5.74) is 3.71. The first-order valence-electron chi connectivity index (χ1n) is 5.36. The molecule has 1 unspecified atom stereocenters. The van der Waals surface area contributed by atoms with E-state index in [-0.39, 0.29) is 11.9 Å². The minimum absolute atomic E-state index is 0.221. The van der Waals surface area contributed by atoms with E-state index < -0.39 is 0 Å². The zero-order valence-electron chi connectivity index (χ0n) is 10.6. The van der Waals surface area contributed by atoms with E-state index in [1.165, 1.54) is 30.1 Å². The lowest BCUT2D eigenvalue weighted by Crippen LogP contribution is -1.98. The van der Waals surface area contributed by atoms with Crippen LogP contribution in [-0.2, 0) is 16.6 Å². The second kappa shape index (κ2) is 5.01. The summed E-state index contributed by atoms with van der Waals surface area (Å²) in [6, 6.07) is 2.15. The molecule has 1 aromatic heterocycles. The Kier molecular flexibility index (Phi) is 3.93. The Morgan fingerprint density at radius 1 is 1.50 bits per heavy atom. The maximum absolute atomic E-state index is 11.0. The summed E-state index contributed by atoms with van der Waals surface area (Å²) < 4.78 is 6.72. The standard InChI is InChI=1S/C13H19NO2/c1-9(6-7-13(15)16-5)12-8-10(2)14(4)11(12)3/h6-9H,1-5H3/b7-6-. The predicted octanol–water partition coefficient (Wildman–Crippen LogP) is 2.47. The fourth-order valence-corrected chi connectivity index (χ4v) is 1.74. The van der Waals surface area contributed by atoms with Gasteiger partial charge < -0.3 is 9.30 Å². The monoisotopic (exact) mass is 221 g/mol. The second-order valence-electron chi connectivity index (χ2n) is 4.06. The van der Waals surface area contributed by atoms with Crippen LogP contribution in [0.3, 0.4) is 0 Å². The first-order valence-corrected chi connectivity index (χ1v) is 5.36. The predicted molar refractivity (Wildman–Crippen MR) is 64.5 cm³/mol. The first-order chi connectivity index (χ1) is 7.47. The number of hydrogen-bond donors (Lipinski definition) is 0. The molecule has 1 heterocycles. The lowest BCUT2D eigenvalue weighted by molar-refractivity contribution is -0.134. The van der Waals surface area contributed by atoms with E-state index in [9.17, 15) is 4.79 Å². The fourth-order valence-electron chi connectivity index (χ4n) is 1.74. The quantitative estimate of drug-likeness (QED) is 0.580. The molecular formula is C13H19NO2. The summed E-state index contributed by atoms with van der Waals surface area (Å²) in [6.07, 6.45) is 3.35. The summed E-state index contributed by atoms with van der Waals surface area (Å²) in [7, 11) is 3.43. The third kappa shape index (κ3) is 2.54. The van der Waals surface area contributed by atoms with E-state index in [0.717, 1.165) is 0 Å². The third-order valence-electron chi connectivity index (χ3n) is 3.03. The van der Waals surface area contributed by atoms with Gasteiger partial charge in [-0.3, -0.25) is 0 Å². The minimum Gasteiger partial charge on any atom is -0.466 e. The Balaban J connectivity index is 2.89. The smallest absolute Gasteiger partial charge is 0.330 e. The molecule has 3 heteroatoms. The molecule has 0 aliphatic carbocycles. The number of aromatic nitrogens is 1. The normalized spacial score (nSPS) is 13.1. The van der Waals surface area contributed by atoms with Crippen molar-refractivity contribution in [1.29, 1.82) is 0 Å². The molecule has 0 N–H and O–H groups in total. The summed E-state index contributed by atoms with van der Waals surface area (Å²) in [4.78, 5) is 11.0. The van der Waals surface area contributed by atoms with Gasteiger partial charge in [0.25, 0.3) is 0 Å². The maximum atomic E-state index is 11.0. The Hall–Kier alpha value is -1.51. The van der Waals surface area contributed by atoms with Crippen molar-refractivity contribution in [3.63, 3.8) is 0 Å². The topological polar surface area (TPSA) is 31.2 Å². The van der Waals surface area contributed by atoms with Gasteiger partial charge in [-0.25, -0.2) is 4.79 Å². The lowest BCUT2D eigenvalue weighted by Gasteiger charge is -2.06. The zero-order valence-corrected chi connectivity index (χ0v) is 10.6. The molecule has 0 amide bonds. The Bertz CT molecular complexity index is 416. The number of methoxy groups -OCH3 is 1. The van der Waals surface area contributed by atoms with Crippen LogP contribution >= 0.6 is 0 Å². The van der Waals surface area contributed by atoms with Gasteiger partial charge in [-0.2, -0.15) is 0 Å². The van der Waals surface area contributed by atoms with E-state index >= 15 is 0 Å². The summed E-state index contributed by atoms with van der Waals surface area (Å²) >= 11 is 0. The molecule has 0 aromatic carbocycles. The highest BCUT2D eigenvalue weighted by Crippen LogP contribution is 2.23. The van der Waals surface area contributed by atoms with Crippen LogP contribution < -0.4 is 0 Å². The average Bonchev–Trinajstić information content (AvgIpc) is 2.53. The molecule has 1 atom stereocenters. The van der Waals surface area contributed by atoms with Crippen molar-refractivity contribution in [2.45, 2.75) is 26.7 Å². The maximum Gasteiger partial charge on any atom is 0.330 e. The van der Waals surface area contributed by atoms with Crippen LogP contribution in [-0.4, -0.2) is 17.6 Å². The molecule has 3 nitrogen and oxygen atoms in total. The molecule has 88 valence electrons. The molecule has 0 radical (unpaired) electrons. The molecule has 1 aromatic rings. The van der Waals surface area contributed by atoms with E-state index in [1.54, 1.807) is 0 Å². The van der Waals surface area contributed by atoms with Crippen molar-refractivity contribution in [3.8, 4) is 0 Å². The number of aryl methyl sites for hydroxylation is 1. The van der Waals surface area contributed by atoms with Gasteiger partial charge in [0, 0.05) is 30.4 Å². The Morgan fingerprint density at radius 3 is 2.56 bits per heavy atom. The summed E-state index contributed by atoms with van der Waals surface area (Å²) in [5.74, 6) is -0.0869. The molecule has 0 saturated carbocycles. The van der Waals surface area contributed by atoms with Crippen molar-refractivity contribution in [2.24, 2.45) is 7.05 Å². The molecule has 0 bridgehead atoms. The Morgan fingerprint density at radius 2 is 2.12 bits per heavy atom. The van der Waals surface area contributed by atoms with Crippen molar-refractivity contribution in [1.82, 2.24) is 4.57 Å².